The zero-order chi connectivity index (χ0) is 46.2. The summed E-state index contributed by atoms with van der Waals surface area (Å²) in [4.78, 5) is 76.7. The number of benzene rings is 2. The van der Waals surface area contributed by atoms with Gasteiger partial charge in [0.25, 0.3) is 5.91 Å². The Balaban J connectivity index is 1.29. The number of fused-ring (bicyclic) bond motifs is 6. The van der Waals surface area contributed by atoms with Crippen LogP contribution in [0, 0.1) is 11.3 Å². The summed E-state index contributed by atoms with van der Waals surface area (Å²) in [5, 5.41) is 19.7. The maximum atomic E-state index is 14.7. The minimum atomic E-state index is -1.17. The molecule has 2 aromatic heterocycles. The number of hydrogen-bond acceptors (Lipinski definition) is 10. The van der Waals surface area contributed by atoms with Gasteiger partial charge in [-0.3, -0.25) is 34.0 Å². The summed E-state index contributed by atoms with van der Waals surface area (Å²) in [7, 11) is 3.09. The predicted octanol–water partition coefficient (Wildman–Crippen LogP) is 4.61. The maximum Gasteiger partial charge on any atom is 0.324 e. The lowest BCUT2D eigenvalue weighted by Gasteiger charge is -2.37. The third kappa shape index (κ3) is 9.51. The zero-order valence-electron chi connectivity index (χ0n) is 38.7. The molecule has 4 amide bonds. The van der Waals surface area contributed by atoms with Crippen molar-refractivity contribution in [1.82, 2.24) is 40.4 Å². The number of ether oxygens (including phenoxy) is 1. The van der Waals surface area contributed by atoms with Gasteiger partial charge < -0.3 is 34.8 Å². The second kappa shape index (κ2) is 18.4. The van der Waals surface area contributed by atoms with Crippen molar-refractivity contribution in [1.29, 1.82) is 0 Å². The minimum absolute atomic E-state index is 0.00568. The van der Waals surface area contributed by atoms with Crippen LogP contribution in [0.4, 0.5) is 0 Å². The Morgan fingerprint density at radius 2 is 1.80 bits per heavy atom. The summed E-state index contributed by atoms with van der Waals surface area (Å²) in [6, 6.07) is 10.6. The summed E-state index contributed by atoms with van der Waals surface area (Å²) in [6.45, 7) is 15.2. The van der Waals surface area contributed by atoms with E-state index in [1.807, 2.05) is 38.4 Å². The van der Waals surface area contributed by atoms with Gasteiger partial charge in [-0.05, 0) is 104 Å². The first-order chi connectivity index (χ1) is 30.3. The molecule has 4 aromatic rings. The van der Waals surface area contributed by atoms with Gasteiger partial charge in [0.1, 0.15) is 29.4 Å². The fraction of sp³-hybridized carbons (Fsp3) is 0.510. The highest BCUT2D eigenvalue weighted by Crippen LogP contribution is 2.41. The molecular formula is C49H64N8O7. The monoisotopic (exact) mass is 876 g/mol. The van der Waals surface area contributed by atoms with E-state index in [0.29, 0.717) is 37.9 Å². The number of pyridine rings is 1. The van der Waals surface area contributed by atoms with Gasteiger partial charge in [-0.25, -0.2) is 5.43 Å². The zero-order valence-corrected chi connectivity index (χ0v) is 38.7. The van der Waals surface area contributed by atoms with Crippen molar-refractivity contribution in [2.45, 2.75) is 111 Å². The molecule has 6 bridgehead atoms. The molecule has 2 aromatic carbocycles. The number of rotatable bonds is 10. The number of hydrogen-bond donors (Lipinski definition) is 4. The second-order valence-electron chi connectivity index (χ2n) is 19.1. The van der Waals surface area contributed by atoms with Crippen molar-refractivity contribution in [2.75, 3.05) is 40.3 Å². The normalized spacial score (nSPS) is 21.5. The van der Waals surface area contributed by atoms with Gasteiger partial charge in [0.15, 0.2) is 0 Å². The Labute approximate surface area is 375 Å². The number of phenolic OH excluding ortho intramolecular Hbond substituents is 1. The van der Waals surface area contributed by atoms with Crippen LogP contribution in [0.25, 0.3) is 33.3 Å². The van der Waals surface area contributed by atoms with Crippen molar-refractivity contribution >= 4 is 40.5 Å². The molecule has 4 N–H and O–H groups in total. The third-order valence-electron chi connectivity index (χ3n) is 13.0. The van der Waals surface area contributed by atoms with Crippen molar-refractivity contribution in [3.05, 3.63) is 71.5 Å². The highest BCUT2D eigenvalue weighted by atomic mass is 16.5. The molecule has 0 radical (unpaired) electrons. The van der Waals surface area contributed by atoms with Crippen molar-refractivity contribution < 1.29 is 33.8 Å². The molecule has 0 spiro atoms. The number of hydrazine groups is 1. The smallest absolute Gasteiger partial charge is 0.324 e. The number of esters is 1. The van der Waals surface area contributed by atoms with Gasteiger partial charge in [-0.2, -0.15) is 0 Å². The molecule has 7 rings (SSSR count). The number of aromatic nitrogens is 2. The summed E-state index contributed by atoms with van der Waals surface area (Å²) >= 11 is 0. The maximum absolute atomic E-state index is 14.7. The number of carbonyl (C=O) groups is 5. The van der Waals surface area contributed by atoms with Crippen LogP contribution in [0.5, 0.6) is 5.75 Å². The van der Waals surface area contributed by atoms with E-state index >= 15 is 0 Å². The molecule has 2 fully saturated rings. The fourth-order valence-electron chi connectivity index (χ4n) is 9.39. The summed E-state index contributed by atoms with van der Waals surface area (Å²) in [5.41, 5.74) is 9.52. The molecule has 342 valence electrons. The number of amides is 4. The lowest BCUT2D eigenvalue weighted by atomic mass is 9.84. The highest BCUT2D eigenvalue weighted by molar-refractivity contribution is 5.97. The van der Waals surface area contributed by atoms with Gasteiger partial charge in [-0.15, -0.1) is 0 Å². The first-order valence-corrected chi connectivity index (χ1v) is 22.6. The first kappa shape index (κ1) is 46.2. The molecule has 64 heavy (non-hydrogen) atoms. The quantitative estimate of drug-likeness (QED) is 0.130. The van der Waals surface area contributed by atoms with Crippen LogP contribution in [0.15, 0.2) is 54.9 Å². The first-order valence-electron chi connectivity index (χ1n) is 22.6. The molecule has 15 heteroatoms. The van der Waals surface area contributed by atoms with Crippen LogP contribution in [0.1, 0.15) is 78.0 Å². The molecule has 0 saturated carbocycles. The van der Waals surface area contributed by atoms with E-state index in [0.717, 1.165) is 45.3 Å². The van der Waals surface area contributed by atoms with E-state index in [1.165, 1.54) is 27.4 Å². The van der Waals surface area contributed by atoms with Crippen LogP contribution in [0.3, 0.4) is 0 Å². The standard InChI is InChI=1S/C49H64N8O7/c1-10-31-16-17-50-25-37(31)43-36-24-48(5,6)28-64-46(62)38-13-12-18-57(53-38)45(61)39(21-30-19-33(22-34(58)20-30)32-14-15-40(35(36)23-32)56(43)11-2)52-44(60)42(29(3)4)55(9)41(59)26-54(8)47(63)49(7)27-51-49/h14-17,19-20,22-23,25,29,38-39,42,51,53,58H,10-13,18,21,24,26-28H2,1-9H3,(H,52,60)/t38-,39-,42-,49+/m0/s1. The summed E-state index contributed by atoms with van der Waals surface area (Å²) < 4.78 is 8.41. The van der Waals surface area contributed by atoms with Crippen molar-refractivity contribution in [3.63, 3.8) is 0 Å². The van der Waals surface area contributed by atoms with Gasteiger partial charge in [-0.1, -0.05) is 46.8 Å². The number of phenols is 1. The number of aromatic hydroxyl groups is 1. The average Bonchev–Trinajstić information content (AvgIpc) is 3.95. The fourth-order valence-corrected chi connectivity index (χ4v) is 9.39. The Morgan fingerprint density at radius 3 is 2.48 bits per heavy atom. The third-order valence-corrected chi connectivity index (χ3v) is 13.0. The number of nitrogens with zero attached hydrogens (tertiary/aromatic N) is 5. The average molecular weight is 877 g/mol. The summed E-state index contributed by atoms with van der Waals surface area (Å²) in [6.07, 6.45) is 6.10. The molecule has 4 atom stereocenters. The molecule has 3 aliphatic rings. The van der Waals surface area contributed by atoms with Gasteiger partial charge in [0.2, 0.25) is 17.7 Å². The molecule has 5 heterocycles. The number of likely N-dealkylation sites (N-methyl/N-ethyl adjacent to an activating group) is 2. The van der Waals surface area contributed by atoms with E-state index in [4.69, 9.17) is 4.74 Å². The van der Waals surface area contributed by atoms with Crippen molar-refractivity contribution in [3.8, 4) is 28.1 Å². The van der Waals surface area contributed by atoms with Crippen molar-refractivity contribution in [2.24, 2.45) is 11.3 Å². The summed E-state index contributed by atoms with van der Waals surface area (Å²) in [5.74, 6) is -2.53. The Hall–Kier alpha value is -5.80. The topological polar surface area (TPSA) is 188 Å². The number of aryl methyl sites for hydroxylation is 2. The van der Waals surface area contributed by atoms with Gasteiger partial charge >= 0.3 is 5.97 Å². The Morgan fingerprint density at radius 1 is 1.05 bits per heavy atom. The van der Waals surface area contributed by atoms with Gasteiger partial charge in [0, 0.05) is 74.4 Å². The molecule has 0 unspecified atom stereocenters. The molecule has 15 nitrogen and oxygen atoms in total. The number of carbonyl (C=O) groups excluding carboxylic acids is 5. The molecular weight excluding hydrogens is 813 g/mol. The Bertz CT molecular complexity index is 2460. The van der Waals surface area contributed by atoms with Crippen LogP contribution < -0.4 is 16.1 Å². The lowest BCUT2D eigenvalue weighted by molar-refractivity contribution is -0.155. The van der Waals surface area contributed by atoms with Crippen LogP contribution in [0.2, 0.25) is 0 Å². The van der Waals surface area contributed by atoms with Crippen LogP contribution in [-0.2, 0) is 54.5 Å². The second-order valence-corrected chi connectivity index (χ2v) is 19.1. The Kier molecular flexibility index (Phi) is 13.3. The van der Waals surface area contributed by atoms with E-state index < -0.39 is 52.8 Å². The number of cyclic esters (lactones) is 1. The van der Waals surface area contributed by atoms with Crippen LogP contribution >= 0.6 is 0 Å². The largest absolute Gasteiger partial charge is 0.508 e. The molecule has 3 aliphatic heterocycles. The van der Waals surface area contributed by atoms with E-state index in [2.05, 4.69) is 71.5 Å². The molecule has 2 saturated heterocycles. The SMILES string of the molecule is CCc1ccncc1-c1c2c3cc(ccc3n1CC)-c1cc(O)cc(c1)C[C@H](NC(=O)[C@H](C(C)C)N(C)C(=O)CN(C)C(=O)[C@@]1(C)CN1)C(=O)N1CCC[C@H](N1)C(=O)OCC(C)(C)C2. The minimum Gasteiger partial charge on any atom is -0.508 e. The van der Waals surface area contributed by atoms with Crippen LogP contribution in [-0.4, -0.2) is 123 Å². The van der Waals surface area contributed by atoms with E-state index in [9.17, 15) is 29.1 Å². The van der Waals surface area contributed by atoms with E-state index in [-0.39, 0.29) is 43.7 Å². The molecule has 0 aliphatic carbocycles. The lowest BCUT2D eigenvalue weighted by Crippen LogP contribution is -2.62. The highest BCUT2D eigenvalue weighted by Gasteiger charge is 2.47. The number of nitrogens with one attached hydrogen (secondary N) is 3. The predicted molar refractivity (Wildman–Crippen MR) is 245 cm³/mol. The van der Waals surface area contributed by atoms with E-state index in [1.54, 1.807) is 26.1 Å². The van der Waals surface area contributed by atoms with Gasteiger partial charge in [0.05, 0.1) is 18.8 Å².